The second-order valence-corrected chi connectivity index (χ2v) is 8.36. The fraction of sp³-hybridized carbons (Fsp3) is 0.286. The topological polar surface area (TPSA) is 87.2 Å². The molecule has 0 fully saturated rings. The monoisotopic (exact) mass is 475 g/mol. The molecule has 0 saturated heterocycles. The van der Waals surface area contributed by atoms with Gasteiger partial charge in [0.15, 0.2) is 5.16 Å². The van der Waals surface area contributed by atoms with Gasteiger partial charge in [-0.25, -0.2) is 4.98 Å². The average Bonchev–Trinajstić information content (AvgIpc) is 2.72. The van der Waals surface area contributed by atoms with Crippen molar-refractivity contribution in [1.82, 2.24) is 9.55 Å². The van der Waals surface area contributed by atoms with Gasteiger partial charge in [0.05, 0.1) is 10.9 Å². The summed E-state index contributed by atoms with van der Waals surface area (Å²) in [7, 11) is 0. The van der Waals surface area contributed by atoms with Gasteiger partial charge in [-0.2, -0.15) is 0 Å². The fourth-order valence-electron chi connectivity index (χ4n) is 2.95. The Bertz CT molecular complexity index is 1060. The number of thioether (sulfide) groups is 1. The normalized spacial score (nSPS) is 12.2. The molecule has 3 rings (SSSR count). The maximum absolute atomic E-state index is 13.2. The number of nitrogens with two attached hydrogens (primary N) is 1. The summed E-state index contributed by atoms with van der Waals surface area (Å²) in [5.41, 5.74) is 6.88. The molecule has 2 N–H and O–H groups in total. The predicted octanol–water partition coefficient (Wildman–Crippen LogP) is 3.90. The van der Waals surface area contributed by atoms with E-state index in [0.717, 1.165) is 10.0 Å². The van der Waals surface area contributed by atoms with Crippen molar-refractivity contribution in [3.05, 3.63) is 68.9 Å². The lowest BCUT2D eigenvalue weighted by Gasteiger charge is -2.17. The van der Waals surface area contributed by atoms with Crippen LogP contribution in [0.25, 0.3) is 10.9 Å². The Morgan fingerprint density at radius 1 is 1.28 bits per heavy atom. The number of aromatic nitrogens is 2. The highest BCUT2D eigenvalue weighted by Gasteiger charge is 2.23. The minimum absolute atomic E-state index is 0.147. The summed E-state index contributed by atoms with van der Waals surface area (Å²) in [6, 6.07) is 14.7. The molecular formula is C21H22BrN3O3S. The van der Waals surface area contributed by atoms with Gasteiger partial charge in [-0.1, -0.05) is 58.0 Å². The molecule has 1 unspecified atom stereocenters. The van der Waals surface area contributed by atoms with Crippen LogP contribution in [0.2, 0.25) is 0 Å². The van der Waals surface area contributed by atoms with Gasteiger partial charge in [0.1, 0.15) is 5.25 Å². The van der Waals surface area contributed by atoms with Gasteiger partial charge in [0, 0.05) is 24.2 Å². The number of fused-ring (bicyclic) bond motifs is 1. The molecule has 1 heterocycles. The molecule has 0 aliphatic heterocycles. The SMILES string of the molecule is CCOCCCn1c(SC(C(N)=O)c2ccccc2)nc2ccc(Br)cc2c1=O. The van der Waals surface area contributed by atoms with Crippen LogP contribution >= 0.6 is 27.7 Å². The van der Waals surface area contributed by atoms with Crippen LogP contribution in [-0.2, 0) is 16.1 Å². The number of carbonyl (C=O) groups is 1. The van der Waals surface area contributed by atoms with Gasteiger partial charge in [0.2, 0.25) is 5.91 Å². The quantitative estimate of drug-likeness (QED) is 0.288. The molecule has 0 saturated carbocycles. The van der Waals surface area contributed by atoms with E-state index >= 15 is 0 Å². The Morgan fingerprint density at radius 3 is 2.72 bits per heavy atom. The number of amides is 1. The van der Waals surface area contributed by atoms with Crippen molar-refractivity contribution >= 4 is 44.5 Å². The average molecular weight is 476 g/mol. The van der Waals surface area contributed by atoms with E-state index in [1.807, 2.05) is 43.3 Å². The number of nitrogens with zero attached hydrogens (tertiary/aromatic N) is 2. The minimum atomic E-state index is -0.644. The molecule has 29 heavy (non-hydrogen) atoms. The predicted molar refractivity (Wildman–Crippen MR) is 119 cm³/mol. The standard InChI is InChI=1S/C21H22BrN3O3S/c1-2-28-12-6-11-25-20(27)16-13-15(22)9-10-17(16)24-21(25)29-18(19(23)26)14-7-4-3-5-8-14/h3-5,7-10,13,18H,2,6,11-12H2,1H3,(H2,23,26). The van der Waals surface area contributed by atoms with Crippen molar-refractivity contribution < 1.29 is 9.53 Å². The van der Waals surface area contributed by atoms with E-state index in [2.05, 4.69) is 20.9 Å². The third-order valence-corrected chi connectivity index (χ3v) is 6.10. The zero-order valence-electron chi connectivity index (χ0n) is 16.0. The highest BCUT2D eigenvalue weighted by Crippen LogP contribution is 2.34. The van der Waals surface area contributed by atoms with Crippen LogP contribution in [0.5, 0.6) is 0 Å². The van der Waals surface area contributed by atoms with Crippen LogP contribution < -0.4 is 11.3 Å². The van der Waals surface area contributed by atoms with E-state index in [1.54, 1.807) is 16.7 Å². The highest BCUT2D eigenvalue weighted by molar-refractivity contribution is 9.10. The van der Waals surface area contributed by atoms with E-state index in [-0.39, 0.29) is 5.56 Å². The summed E-state index contributed by atoms with van der Waals surface area (Å²) in [6.07, 6.45) is 0.662. The van der Waals surface area contributed by atoms with E-state index in [9.17, 15) is 9.59 Å². The summed E-state index contributed by atoms with van der Waals surface area (Å²) < 4.78 is 7.82. The van der Waals surface area contributed by atoms with Crippen molar-refractivity contribution in [2.24, 2.45) is 5.73 Å². The molecule has 0 bridgehead atoms. The summed E-state index contributed by atoms with van der Waals surface area (Å²) in [5.74, 6) is -0.479. The van der Waals surface area contributed by atoms with Crippen LogP contribution in [-0.4, -0.2) is 28.7 Å². The van der Waals surface area contributed by atoms with Gasteiger partial charge in [-0.15, -0.1) is 0 Å². The van der Waals surface area contributed by atoms with Crippen molar-refractivity contribution in [2.45, 2.75) is 30.3 Å². The van der Waals surface area contributed by atoms with E-state index in [4.69, 9.17) is 10.5 Å². The molecule has 8 heteroatoms. The van der Waals surface area contributed by atoms with E-state index < -0.39 is 11.2 Å². The van der Waals surface area contributed by atoms with Gasteiger partial charge in [-0.05, 0) is 37.1 Å². The number of carbonyl (C=O) groups excluding carboxylic acids is 1. The third kappa shape index (κ3) is 5.26. The zero-order valence-corrected chi connectivity index (χ0v) is 18.4. The second kappa shape index (κ2) is 10.0. The fourth-order valence-corrected chi connectivity index (χ4v) is 4.39. The molecule has 1 aromatic heterocycles. The van der Waals surface area contributed by atoms with Crippen LogP contribution in [0.15, 0.2) is 63.0 Å². The van der Waals surface area contributed by atoms with Crippen LogP contribution in [0.3, 0.4) is 0 Å². The highest BCUT2D eigenvalue weighted by atomic mass is 79.9. The number of hydrogen-bond acceptors (Lipinski definition) is 5. The van der Waals surface area contributed by atoms with Gasteiger partial charge >= 0.3 is 0 Å². The van der Waals surface area contributed by atoms with Crippen molar-refractivity contribution in [2.75, 3.05) is 13.2 Å². The number of benzene rings is 2. The molecule has 1 amide bonds. The minimum Gasteiger partial charge on any atom is -0.382 e. The van der Waals surface area contributed by atoms with Gasteiger partial charge in [-0.3, -0.25) is 14.2 Å². The number of ether oxygens (including phenoxy) is 1. The van der Waals surface area contributed by atoms with E-state index in [1.165, 1.54) is 11.8 Å². The summed E-state index contributed by atoms with van der Waals surface area (Å²) in [6.45, 7) is 3.54. The maximum Gasteiger partial charge on any atom is 0.262 e. The Hall–Kier alpha value is -2.16. The van der Waals surface area contributed by atoms with Gasteiger partial charge < -0.3 is 10.5 Å². The first-order valence-electron chi connectivity index (χ1n) is 9.30. The van der Waals surface area contributed by atoms with E-state index in [0.29, 0.717) is 42.2 Å². The number of primary amides is 1. The first-order valence-corrected chi connectivity index (χ1v) is 11.0. The molecule has 0 aliphatic rings. The summed E-state index contributed by atoms with van der Waals surface area (Å²) in [5, 5.41) is 0.346. The largest absolute Gasteiger partial charge is 0.382 e. The molecule has 0 aliphatic carbocycles. The van der Waals surface area contributed by atoms with Crippen molar-refractivity contribution in [3.63, 3.8) is 0 Å². The molecule has 1 atom stereocenters. The lowest BCUT2D eigenvalue weighted by molar-refractivity contribution is -0.117. The van der Waals surface area contributed by atoms with Gasteiger partial charge in [0.25, 0.3) is 5.56 Å². The number of rotatable bonds is 9. The Balaban J connectivity index is 2.05. The molecule has 152 valence electrons. The second-order valence-electron chi connectivity index (χ2n) is 6.37. The molecule has 2 aromatic carbocycles. The molecular weight excluding hydrogens is 454 g/mol. The van der Waals surface area contributed by atoms with Crippen molar-refractivity contribution in [1.29, 1.82) is 0 Å². The summed E-state index contributed by atoms with van der Waals surface area (Å²) >= 11 is 4.61. The molecule has 6 nitrogen and oxygen atoms in total. The maximum atomic E-state index is 13.2. The third-order valence-electron chi connectivity index (χ3n) is 4.34. The Kier molecular flexibility index (Phi) is 7.46. The lowest BCUT2D eigenvalue weighted by atomic mass is 10.1. The Morgan fingerprint density at radius 2 is 2.03 bits per heavy atom. The first kappa shape index (κ1) is 21.5. The van der Waals surface area contributed by atoms with Crippen LogP contribution in [0, 0.1) is 0 Å². The molecule has 0 spiro atoms. The van der Waals surface area contributed by atoms with Crippen LogP contribution in [0.4, 0.5) is 0 Å². The lowest BCUT2D eigenvalue weighted by Crippen LogP contribution is -2.26. The summed E-state index contributed by atoms with van der Waals surface area (Å²) in [4.78, 5) is 30.0. The molecule has 0 radical (unpaired) electrons. The van der Waals surface area contributed by atoms with Crippen LogP contribution in [0.1, 0.15) is 24.2 Å². The number of halogens is 1. The Labute approximate surface area is 181 Å². The zero-order chi connectivity index (χ0) is 20.8. The number of hydrogen-bond donors (Lipinski definition) is 1. The first-order chi connectivity index (χ1) is 14.0. The van der Waals surface area contributed by atoms with Crippen molar-refractivity contribution in [3.8, 4) is 0 Å². The smallest absolute Gasteiger partial charge is 0.262 e. The molecule has 3 aromatic rings.